The van der Waals surface area contributed by atoms with Crippen LogP contribution in [0.5, 0.6) is 5.75 Å². The molecule has 2 aromatic carbocycles. The van der Waals surface area contributed by atoms with Gasteiger partial charge in [-0.2, -0.15) is 0 Å². The van der Waals surface area contributed by atoms with Gasteiger partial charge < -0.3 is 9.47 Å². The van der Waals surface area contributed by atoms with Crippen molar-refractivity contribution >= 4 is 23.5 Å². The molecule has 1 aromatic heterocycles. The Morgan fingerprint density at radius 1 is 1.09 bits per heavy atom. The fourth-order valence-corrected chi connectivity index (χ4v) is 4.82. The predicted octanol–water partition coefficient (Wildman–Crippen LogP) is 6.72. The van der Waals surface area contributed by atoms with E-state index in [1.807, 2.05) is 44.7 Å². The van der Waals surface area contributed by atoms with E-state index in [0.29, 0.717) is 12.7 Å². The zero-order chi connectivity index (χ0) is 22.1. The molecule has 0 N–H and O–H groups in total. The van der Waals surface area contributed by atoms with Crippen molar-refractivity contribution in [3.05, 3.63) is 77.1 Å². The number of aromatic nitrogens is 1. The van der Waals surface area contributed by atoms with Crippen LogP contribution in [0.15, 0.2) is 65.8 Å². The van der Waals surface area contributed by atoms with Crippen LogP contribution in [0.1, 0.15) is 36.8 Å². The van der Waals surface area contributed by atoms with E-state index >= 15 is 0 Å². The molecule has 2 aliphatic carbocycles. The normalized spacial score (nSPS) is 16.9. The van der Waals surface area contributed by atoms with Crippen LogP contribution in [0, 0.1) is 0 Å². The summed E-state index contributed by atoms with van der Waals surface area (Å²) >= 11 is 8.17. The Kier molecular flexibility index (Phi) is 6.17. The van der Waals surface area contributed by atoms with Gasteiger partial charge in [0, 0.05) is 33.4 Å². The van der Waals surface area contributed by atoms with E-state index in [0.717, 1.165) is 63.6 Å². The monoisotopic (exact) mass is 466 g/mol. The van der Waals surface area contributed by atoms with Crippen LogP contribution in [0.3, 0.4) is 0 Å². The first-order valence-corrected chi connectivity index (χ1v) is 12.2. The Hall–Kier alpha value is -2.05. The number of para-hydroxylation sites is 1. The van der Waals surface area contributed by atoms with Gasteiger partial charge in [0.15, 0.2) is 0 Å². The number of nitrogens with zero attached hydrogens (tertiary/aromatic N) is 2. The maximum atomic E-state index is 6.56. The largest absolute Gasteiger partial charge is 0.490 e. The van der Waals surface area contributed by atoms with Crippen molar-refractivity contribution in [1.82, 2.24) is 9.29 Å². The summed E-state index contributed by atoms with van der Waals surface area (Å²) in [7, 11) is 4.06. The third-order valence-electron chi connectivity index (χ3n) is 5.82. The lowest BCUT2D eigenvalue weighted by Crippen LogP contribution is -2.14. The second kappa shape index (κ2) is 9.06. The molecular formula is C26H27ClN2O2S. The highest BCUT2D eigenvalue weighted by Gasteiger charge is 2.47. The first-order valence-electron chi connectivity index (χ1n) is 11.0. The van der Waals surface area contributed by atoms with Gasteiger partial charge in [-0.15, -0.1) is 0 Å². The smallest absolute Gasteiger partial charge is 0.127 e. The summed E-state index contributed by atoms with van der Waals surface area (Å²) in [5.74, 6) is 0.940. The quantitative estimate of drug-likeness (QED) is 0.327. The lowest BCUT2D eigenvalue weighted by molar-refractivity contribution is 0.0173. The molecule has 0 unspecified atom stereocenters. The minimum Gasteiger partial charge on any atom is -0.490 e. The molecule has 166 valence electrons. The molecule has 32 heavy (non-hydrogen) atoms. The van der Waals surface area contributed by atoms with Crippen molar-refractivity contribution in [2.75, 3.05) is 14.1 Å². The third-order valence-corrected chi connectivity index (χ3v) is 7.02. The summed E-state index contributed by atoms with van der Waals surface area (Å²) in [6.07, 6.45) is 8.37. The molecule has 2 saturated carbocycles. The van der Waals surface area contributed by atoms with Crippen LogP contribution in [-0.4, -0.2) is 29.5 Å². The average molecular weight is 467 g/mol. The fourth-order valence-electron chi connectivity index (χ4n) is 3.90. The first kappa shape index (κ1) is 21.8. The van der Waals surface area contributed by atoms with Crippen LogP contribution >= 0.6 is 23.5 Å². The lowest BCUT2D eigenvalue weighted by atomic mass is 9.96. The highest BCUT2D eigenvalue weighted by atomic mass is 35.5. The number of pyridine rings is 1. The van der Waals surface area contributed by atoms with Crippen molar-refractivity contribution in [3.8, 4) is 16.9 Å². The van der Waals surface area contributed by atoms with Crippen molar-refractivity contribution in [3.63, 3.8) is 0 Å². The van der Waals surface area contributed by atoms with Gasteiger partial charge in [-0.1, -0.05) is 29.8 Å². The highest BCUT2D eigenvalue weighted by Crippen LogP contribution is 2.53. The SMILES string of the molecule is CN(C)Sc1ccc(Cl)c(COC2(c3cnccc3-c3ccccc3OC3CC3)CC2)c1. The van der Waals surface area contributed by atoms with E-state index in [9.17, 15) is 0 Å². The molecule has 0 amide bonds. The fraction of sp³-hybridized carbons (Fsp3) is 0.346. The second-order valence-corrected chi connectivity index (χ2v) is 10.5. The second-order valence-electron chi connectivity index (χ2n) is 8.67. The van der Waals surface area contributed by atoms with Gasteiger partial charge in [0.25, 0.3) is 0 Å². The first-order chi connectivity index (χ1) is 15.5. The molecule has 0 saturated heterocycles. The third kappa shape index (κ3) is 4.81. The molecular weight excluding hydrogens is 440 g/mol. The van der Waals surface area contributed by atoms with Gasteiger partial charge in [0.05, 0.1) is 18.3 Å². The van der Waals surface area contributed by atoms with Crippen LogP contribution in [0.4, 0.5) is 0 Å². The molecule has 2 aliphatic rings. The summed E-state index contributed by atoms with van der Waals surface area (Å²) in [6, 6.07) is 16.5. The Balaban J connectivity index is 1.41. The van der Waals surface area contributed by atoms with Gasteiger partial charge in [0.1, 0.15) is 5.75 Å². The predicted molar refractivity (Wildman–Crippen MR) is 130 cm³/mol. The number of hydrogen-bond donors (Lipinski definition) is 0. The average Bonchev–Trinajstić information content (AvgIpc) is 3.71. The molecule has 2 fully saturated rings. The molecule has 1 heterocycles. The maximum Gasteiger partial charge on any atom is 0.127 e. The van der Waals surface area contributed by atoms with E-state index in [2.05, 4.69) is 39.6 Å². The highest BCUT2D eigenvalue weighted by molar-refractivity contribution is 7.97. The number of rotatable bonds is 9. The van der Waals surface area contributed by atoms with E-state index in [1.54, 1.807) is 11.9 Å². The molecule has 5 rings (SSSR count). The molecule has 0 aliphatic heterocycles. The Bertz CT molecular complexity index is 1110. The standard InChI is InChI=1S/C26H27ClN2O2S/c1-29(2)32-20-9-10-24(27)18(15-20)17-30-26(12-13-26)23-16-28-14-11-21(23)22-5-3-4-6-25(22)31-19-7-8-19/h3-6,9-11,14-16,19H,7-8,12-13,17H2,1-2H3. The zero-order valence-electron chi connectivity index (χ0n) is 18.4. The molecule has 4 nitrogen and oxygen atoms in total. The van der Waals surface area contributed by atoms with Gasteiger partial charge >= 0.3 is 0 Å². The molecule has 0 bridgehead atoms. The Morgan fingerprint density at radius 2 is 1.91 bits per heavy atom. The van der Waals surface area contributed by atoms with Crippen molar-refractivity contribution < 1.29 is 9.47 Å². The number of halogens is 1. The van der Waals surface area contributed by atoms with Gasteiger partial charge in [-0.25, -0.2) is 0 Å². The molecule has 0 spiro atoms. The summed E-state index contributed by atoms with van der Waals surface area (Å²) in [5.41, 5.74) is 4.05. The van der Waals surface area contributed by atoms with Crippen LogP contribution in [0.2, 0.25) is 5.02 Å². The van der Waals surface area contributed by atoms with Crippen molar-refractivity contribution in [2.45, 2.75) is 48.9 Å². The lowest BCUT2D eigenvalue weighted by Gasteiger charge is -2.22. The van der Waals surface area contributed by atoms with Crippen molar-refractivity contribution in [1.29, 1.82) is 0 Å². The summed E-state index contributed by atoms with van der Waals surface area (Å²) in [5, 5.41) is 0.735. The van der Waals surface area contributed by atoms with Gasteiger partial charge in [-0.3, -0.25) is 9.29 Å². The van der Waals surface area contributed by atoms with E-state index in [1.165, 1.54) is 0 Å². The van der Waals surface area contributed by atoms with E-state index < -0.39 is 0 Å². The van der Waals surface area contributed by atoms with Gasteiger partial charge in [0.2, 0.25) is 0 Å². The summed E-state index contributed by atoms with van der Waals surface area (Å²) < 4.78 is 14.8. The molecule has 0 radical (unpaired) electrons. The summed E-state index contributed by atoms with van der Waals surface area (Å²) in [4.78, 5) is 5.59. The molecule has 0 atom stereocenters. The number of hydrogen-bond acceptors (Lipinski definition) is 5. The molecule has 6 heteroatoms. The van der Waals surface area contributed by atoms with E-state index in [4.69, 9.17) is 21.1 Å². The topological polar surface area (TPSA) is 34.6 Å². The van der Waals surface area contributed by atoms with Crippen molar-refractivity contribution in [2.24, 2.45) is 0 Å². The van der Waals surface area contributed by atoms with Crippen LogP contribution in [-0.2, 0) is 16.9 Å². The minimum atomic E-state index is -0.329. The van der Waals surface area contributed by atoms with Gasteiger partial charge in [-0.05, 0) is 93.2 Å². The number of ether oxygens (including phenoxy) is 2. The van der Waals surface area contributed by atoms with Crippen LogP contribution in [0.25, 0.3) is 11.1 Å². The summed E-state index contributed by atoms with van der Waals surface area (Å²) in [6.45, 7) is 0.467. The Labute approximate surface area is 199 Å². The zero-order valence-corrected chi connectivity index (χ0v) is 20.0. The Morgan fingerprint density at radius 3 is 2.66 bits per heavy atom. The number of benzene rings is 2. The van der Waals surface area contributed by atoms with Crippen LogP contribution < -0.4 is 4.74 Å². The molecule has 3 aromatic rings. The minimum absolute atomic E-state index is 0.329. The maximum absolute atomic E-state index is 6.56. The van der Waals surface area contributed by atoms with E-state index in [-0.39, 0.29) is 5.60 Å².